The Morgan fingerprint density at radius 3 is 2.26 bits per heavy atom. The van der Waals surface area contributed by atoms with Crippen LogP contribution in [0.25, 0.3) is 0 Å². The number of nitro groups is 1. The highest BCUT2D eigenvalue weighted by molar-refractivity contribution is 7.17. The average Bonchev–Trinajstić information content (AvgIpc) is 3.25. The third kappa shape index (κ3) is 3.09. The Morgan fingerprint density at radius 1 is 1.09 bits per heavy atom. The molecule has 3 rings (SSSR count). The minimum atomic E-state index is -0.511. The first-order valence-corrected chi connectivity index (χ1v) is 7.73. The number of hydrogen-bond donors (Lipinski definition) is 0. The molecule has 1 fully saturated rings. The summed E-state index contributed by atoms with van der Waals surface area (Å²) in [7, 11) is 0. The van der Waals surface area contributed by atoms with E-state index < -0.39 is 4.92 Å². The number of thiophene rings is 1. The summed E-state index contributed by atoms with van der Waals surface area (Å²) >= 11 is 0.865. The fourth-order valence-electron chi connectivity index (χ4n) is 2.38. The summed E-state index contributed by atoms with van der Waals surface area (Å²) in [6.45, 7) is 1.63. The van der Waals surface area contributed by atoms with E-state index in [1.165, 1.54) is 24.7 Å². The van der Waals surface area contributed by atoms with E-state index in [2.05, 4.69) is 0 Å². The zero-order valence-corrected chi connectivity index (χ0v) is 12.8. The molecule has 23 heavy (non-hydrogen) atoms. The predicted molar refractivity (Wildman–Crippen MR) is 81.5 cm³/mol. The van der Waals surface area contributed by atoms with Gasteiger partial charge in [-0.1, -0.05) is 11.3 Å². The number of furan rings is 1. The van der Waals surface area contributed by atoms with Gasteiger partial charge in [-0.15, -0.1) is 0 Å². The number of piperazine rings is 1. The number of nitrogens with zero attached hydrogens (tertiary/aromatic N) is 3. The van der Waals surface area contributed by atoms with Gasteiger partial charge in [-0.25, -0.2) is 0 Å². The largest absolute Gasteiger partial charge is 0.472 e. The van der Waals surface area contributed by atoms with Gasteiger partial charge in [0.1, 0.15) is 6.26 Å². The average molecular weight is 335 g/mol. The van der Waals surface area contributed by atoms with Crippen LogP contribution in [0.15, 0.2) is 35.1 Å². The van der Waals surface area contributed by atoms with Crippen LogP contribution >= 0.6 is 11.3 Å². The number of amides is 2. The highest BCUT2D eigenvalue weighted by Gasteiger charge is 2.27. The molecule has 0 radical (unpaired) electrons. The number of carbonyl (C=O) groups is 2. The minimum Gasteiger partial charge on any atom is -0.472 e. The van der Waals surface area contributed by atoms with E-state index in [9.17, 15) is 19.7 Å². The second kappa shape index (κ2) is 6.21. The Labute approximate surface area is 135 Å². The Kier molecular flexibility index (Phi) is 4.11. The number of hydrogen-bond acceptors (Lipinski definition) is 6. The van der Waals surface area contributed by atoms with Crippen LogP contribution in [0.3, 0.4) is 0 Å². The van der Waals surface area contributed by atoms with Gasteiger partial charge in [-0.2, -0.15) is 0 Å². The molecule has 120 valence electrons. The van der Waals surface area contributed by atoms with E-state index in [1.807, 2.05) is 0 Å². The molecule has 0 aliphatic carbocycles. The number of rotatable bonds is 3. The van der Waals surface area contributed by atoms with Gasteiger partial charge in [0.2, 0.25) is 0 Å². The van der Waals surface area contributed by atoms with Gasteiger partial charge in [-0.3, -0.25) is 19.7 Å². The van der Waals surface area contributed by atoms with Crippen LogP contribution in [-0.4, -0.2) is 52.7 Å². The van der Waals surface area contributed by atoms with Crippen LogP contribution in [0.5, 0.6) is 0 Å². The van der Waals surface area contributed by atoms with Crippen molar-refractivity contribution in [1.29, 1.82) is 0 Å². The summed E-state index contributed by atoms with van der Waals surface area (Å²) < 4.78 is 4.90. The summed E-state index contributed by atoms with van der Waals surface area (Å²) in [6.07, 6.45) is 2.83. The Morgan fingerprint density at radius 2 is 1.74 bits per heavy atom. The molecule has 1 aliphatic rings. The lowest BCUT2D eigenvalue weighted by molar-refractivity contribution is -0.380. The van der Waals surface area contributed by atoms with Crippen molar-refractivity contribution in [1.82, 2.24) is 9.80 Å². The van der Waals surface area contributed by atoms with E-state index in [0.717, 1.165) is 11.3 Å². The van der Waals surface area contributed by atoms with Crippen LogP contribution in [0, 0.1) is 10.1 Å². The van der Waals surface area contributed by atoms with Crippen molar-refractivity contribution in [2.24, 2.45) is 0 Å². The Balaban J connectivity index is 1.61. The quantitative estimate of drug-likeness (QED) is 0.630. The summed E-state index contributed by atoms with van der Waals surface area (Å²) in [5, 5.41) is 10.6. The summed E-state index contributed by atoms with van der Waals surface area (Å²) in [6, 6.07) is 4.40. The molecule has 0 unspecified atom stereocenters. The maximum absolute atomic E-state index is 12.3. The molecule has 0 N–H and O–H groups in total. The molecule has 1 aliphatic heterocycles. The second-order valence-electron chi connectivity index (χ2n) is 4.99. The van der Waals surface area contributed by atoms with E-state index in [4.69, 9.17) is 4.42 Å². The maximum Gasteiger partial charge on any atom is 0.324 e. The van der Waals surface area contributed by atoms with Crippen molar-refractivity contribution in [3.8, 4) is 0 Å². The van der Waals surface area contributed by atoms with Crippen molar-refractivity contribution in [3.05, 3.63) is 51.3 Å². The SMILES string of the molecule is O=C(c1ccoc1)N1CCN(C(=O)c2ccc([N+](=O)[O-])s2)CC1. The van der Waals surface area contributed by atoms with Gasteiger partial charge in [0.05, 0.1) is 21.6 Å². The molecule has 2 aromatic rings. The van der Waals surface area contributed by atoms with Crippen LogP contribution < -0.4 is 0 Å². The molecule has 0 bridgehead atoms. The van der Waals surface area contributed by atoms with Crippen molar-refractivity contribution in [2.45, 2.75) is 0 Å². The van der Waals surface area contributed by atoms with Gasteiger partial charge >= 0.3 is 5.00 Å². The predicted octanol–water partition coefficient (Wildman–Crippen LogP) is 1.85. The molecule has 2 aromatic heterocycles. The fourth-order valence-corrected chi connectivity index (χ4v) is 3.17. The minimum absolute atomic E-state index is 0.0536. The van der Waals surface area contributed by atoms with Crippen molar-refractivity contribution < 1.29 is 18.9 Å². The van der Waals surface area contributed by atoms with E-state index in [1.54, 1.807) is 15.9 Å². The zero-order valence-electron chi connectivity index (χ0n) is 12.0. The van der Waals surface area contributed by atoms with Crippen LogP contribution in [0.1, 0.15) is 20.0 Å². The highest BCUT2D eigenvalue weighted by Crippen LogP contribution is 2.25. The lowest BCUT2D eigenvalue weighted by Crippen LogP contribution is -2.50. The summed E-state index contributed by atoms with van der Waals surface area (Å²) in [4.78, 5) is 38.3. The summed E-state index contributed by atoms with van der Waals surface area (Å²) in [5.74, 6) is -0.365. The lowest BCUT2D eigenvalue weighted by atomic mass is 10.2. The molecule has 8 nitrogen and oxygen atoms in total. The van der Waals surface area contributed by atoms with Crippen molar-refractivity contribution >= 4 is 28.2 Å². The van der Waals surface area contributed by atoms with Crippen LogP contribution in [-0.2, 0) is 0 Å². The highest BCUT2D eigenvalue weighted by atomic mass is 32.1. The normalized spacial score (nSPS) is 14.8. The molecule has 2 amide bonds. The maximum atomic E-state index is 12.3. The molecule has 1 saturated heterocycles. The smallest absolute Gasteiger partial charge is 0.324 e. The molecular weight excluding hydrogens is 322 g/mol. The standard InChI is InChI=1S/C14H13N3O5S/c18-13(10-3-8-22-9-10)15-4-6-16(7-5-15)14(19)11-1-2-12(23-11)17(20)21/h1-3,8-9H,4-7H2. The first kappa shape index (κ1) is 15.2. The first-order valence-electron chi connectivity index (χ1n) is 6.91. The molecule has 3 heterocycles. The Hall–Kier alpha value is -2.68. The van der Waals surface area contributed by atoms with E-state index >= 15 is 0 Å². The van der Waals surface area contributed by atoms with Crippen molar-refractivity contribution in [3.63, 3.8) is 0 Å². The topological polar surface area (TPSA) is 96.9 Å². The van der Waals surface area contributed by atoms with E-state index in [-0.39, 0.29) is 16.8 Å². The molecule has 0 aromatic carbocycles. The van der Waals surface area contributed by atoms with Gasteiger partial charge in [0, 0.05) is 32.2 Å². The van der Waals surface area contributed by atoms with Gasteiger partial charge < -0.3 is 14.2 Å². The van der Waals surface area contributed by atoms with Crippen LogP contribution in [0.2, 0.25) is 0 Å². The van der Waals surface area contributed by atoms with Gasteiger partial charge in [0.15, 0.2) is 0 Å². The van der Waals surface area contributed by atoms with Gasteiger partial charge in [0.25, 0.3) is 11.8 Å². The Bertz CT molecular complexity index is 731. The molecule has 9 heteroatoms. The molecule has 0 spiro atoms. The number of carbonyl (C=O) groups excluding carboxylic acids is 2. The first-order chi connectivity index (χ1) is 11.1. The van der Waals surface area contributed by atoms with Crippen LogP contribution in [0.4, 0.5) is 5.00 Å². The molecular formula is C14H13N3O5S. The lowest BCUT2D eigenvalue weighted by Gasteiger charge is -2.34. The molecule has 0 saturated carbocycles. The van der Waals surface area contributed by atoms with Gasteiger partial charge in [-0.05, 0) is 12.1 Å². The monoisotopic (exact) mass is 335 g/mol. The van der Waals surface area contributed by atoms with Crippen molar-refractivity contribution in [2.75, 3.05) is 26.2 Å². The summed E-state index contributed by atoms with van der Waals surface area (Å²) in [5.41, 5.74) is 0.485. The third-order valence-corrected chi connectivity index (χ3v) is 4.63. The molecule has 0 atom stereocenters. The zero-order chi connectivity index (χ0) is 16.4. The fraction of sp³-hybridized carbons (Fsp3) is 0.286. The second-order valence-corrected chi connectivity index (χ2v) is 6.05. The third-order valence-electron chi connectivity index (χ3n) is 3.60. The van der Waals surface area contributed by atoms with E-state index in [0.29, 0.717) is 36.6 Å².